The standard InChI is InChI=1S/C25H25FN4O3S/c1-16(31)27-12-4-5-17-8-10-18(11-9-17)21-15-34-25(28-21)29-24(33)19-13-23(32)30(14-19)22-7-3-2-6-20(22)26/h2-3,6-11,15,19H,4-5,12-14H2,1H3,(H,27,31)(H,28,29,33). The van der Waals surface area contributed by atoms with E-state index in [4.69, 9.17) is 0 Å². The fourth-order valence-corrected chi connectivity index (χ4v) is 4.58. The van der Waals surface area contributed by atoms with Gasteiger partial charge in [0.2, 0.25) is 17.7 Å². The van der Waals surface area contributed by atoms with Crippen LogP contribution in [-0.2, 0) is 20.8 Å². The third-order valence-electron chi connectivity index (χ3n) is 5.64. The largest absolute Gasteiger partial charge is 0.356 e. The fraction of sp³-hybridized carbons (Fsp3) is 0.280. The minimum atomic E-state index is -0.573. The Labute approximate surface area is 201 Å². The smallest absolute Gasteiger partial charge is 0.231 e. The van der Waals surface area contributed by atoms with E-state index in [0.29, 0.717) is 11.7 Å². The van der Waals surface area contributed by atoms with Gasteiger partial charge < -0.3 is 15.5 Å². The van der Waals surface area contributed by atoms with Crippen molar-refractivity contribution in [2.75, 3.05) is 23.3 Å². The number of rotatable bonds is 8. The van der Waals surface area contributed by atoms with Crippen LogP contribution in [0, 0.1) is 11.7 Å². The predicted octanol–water partition coefficient (Wildman–Crippen LogP) is 4.01. The molecule has 1 fully saturated rings. The number of nitrogens with one attached hydrogen (secondary N) is 2. The minimum Gasteiger partial charge on any atom is -0.356 e. The molecule has 34 heavy (non-hydrogen) atoms. The topological polar surface area (TPSA) is 91.4 Å². The molecule has 4 rings (SSSR count). The van der Waals surface area contributed by atoms with E-state index in [0.717, 1.165) is 24.1 Å². The highest BCUT2D eigenvalue weighted by Gasteiger charge is 2.36. The van der Waals surface area contributed by atoms with Crippen molar-refractivity contribution in [1.82, 2.24) is 10.3 Å². The number of hydrogen-bond acceptors (Lipinski definition) is 5. The summed E-state index contributed by atoms with van der Waals surface area (Å²) in [6.07, 6.45) is 1.76. The van der Waals surface area contributed by atoms with Crippen LogP contribution in [0.2, 0.25) is 0 Å². The van der Waals surface area contributed by atoms with E-state index in [1.54, 1.807) is 12.1 Å². The molecule has 176 valence electrons. The first-order chi connectivity index (χ1) is 16.4. The molecule has 1 aliphatic heterocycles. The van der Waals surface area contributed by atoms with Crippen LogP contribution < -0.4 is 15.5 Å². The van der Waals surface area contributed by atoms with Gasteiger partial charge in [-0.2, -0.15) is 0 Å². The summed E-state index contributed by atoms with van der Waals surface area (Å²) in [5.74, 6) is -1.66. The second-order valence-electron chi connectivity index (χ2n) is 8.17. The van der Waals surface area contributed by atoms with Crippen molar-refractivity contribution < 1.29 is 18.8 Å². The average Bonchev–Trinajstić information content (AvgIpc) is 3.44. The molecule has 0 spiro atoms. The molecule has 1 aliphatic rings. The first-order valence-corrected chi connectivity index (χ1v) is 11.9. The Morgan fingerprint density at radius 3 is 2.68 bits per heavy atom. The number of aryl methyl sites for hydroxylation is 1. The number of aromatic nitrogens is 1. The lowest BCUT2D eigenvalue weighted by Crippen LogP contribution is -2.28. The number of carbonyl (C=O) groups excluding carboxylic acids is 3. The molecule has 3 amide bonds. The summed E-state index contributed by atoms with van der Waals surface area (Å²) in [7, 11) is 0. The molecule has 2 heterocycles. The monoisotopic (exact) mass is 480 g/mol. The van der Waals surface area contributed by atoms with Gasteiger partial charge >= 0.3 is 0 Å². The summed E-state index contributed by atoms with van der Waals surface area (Å²) in [4.78, 5) is 41.9. The summed E-state index contributed by atoms with van der Waals surface area (Å²) in [5.41, 5.74) is 3.05. The van der Waals surface area contributed by atoms with Crippen LogP contribution in [-0.4, -0.2) is 35.8 Å². The van der Waals surface area contributed by atoms with Gasteiger partial charge in [0.1, 0.15) is 5.82 Å². The number of thiazole rings is 1. The second-order valence-corrected chi connectivity index (χ2v) is 9.03. The van der Waals surface area contributed by atoms with Gasteiger partial charge in [-0.15, -0.1) is 11.3 Å². The van der Waals surface area contributed by atoms with Crippen molar-refractivity contribution in [2.45, 2.75) is 26.2 Å². The van der Waals surface area contributed by atoms with Gasteiger partial charge in [0.05, 0.1) is 17.3 Å². The number of nitrogens with zero attached hydrogens (tertiary/aromatic N) is 2. The number of anilines is 2. The number of halogens is 1. The summed E-state index contributed by atoms with van der Waals surface area (Å²) in [6, 6.07) is 14.1. The first kappa shape index (κ1) is 23.6. The van der Waals surface area contributed by atoms with E-state index in [9.17, 15) is 18.8 Å². The number of para-hydroxylation sites is 1. The Morgan fingerprint density at radius 2 is 1.94 bits per heavy atom. The lowest BCUT2D eigenvalue weighted by molar-refractivity contribution is -0.122. The number of hydrogen-bond donors (Lipinski definition) is 2. The summed E-state index contributed by atoms with van der Waals surface area (Å²) in [5, 5.41) is 7.91. The highest BCUT2D eigenvalue weighted by molar-refractivity contribution is 7.14. The molecule has 2 aromatic carbocycles. The Hall–Kier alpha value is -3.59. The summed E-state index contributed by atoms with van der Waals surface area (Å²) >= 11 is 1.31. The molecule has 1 atom stereocenters. The van der Waals surface area contributed by atoms with Crippen LogP contribution in [0.1, 0.15) is 25.3 Å². The molecule has 2 N–H and O–H groups in total. The maximum atomic E-state index is 14.1. The Morgan fingerprint density at radius 1 is 1.18 bits per heavy atom. The van der Waals surface area contributed by atoms with Crippen molar-refractivity contribution in [3.8, 4) is 11.3 Å². The van der Waals surface area contributed by atoms with Crippen LogP contribution in [0.5, 0.6) is 0 Å². The van der Waals surface area contributed by atoms with Crippen LogP contribution in [0.15, 0.2) is 53.9 Å². The molecule has 0 radical (unpaired) electrons. The van der Waals surface area contributed by atoms with Crippen molar-refractivity contribution >= 4 is 39.9 Å². The van der Waals surface area contributed by atoms with Gasteiger partial charge in [-0.05, 0) is 30.5 Å². The fourth-order valence-electron chi connectivity index (χ4n) is 3.86. The maximum absolute atomic E-state index is 14.1. The predicted molar refractivity (Wildman–Crippen MR) is 130 cm³/mol. The molecule has 9 heteroatoms. The SMILES string of the molecule is CC(=O)NCCCc1ccc(-c2csc(NC(=O)C3CC(=O)N(c4ccccc4F)C3)n2)cc1. The zero-order valence-corrected chi connectivity index (χ0v) is 19.5. The van der Waals surface area contributed by atoms with E-state index < -0.39 is 11.7 Å². The Balaban J connectivity index is 1.33. The molecule has 0 aliphatic carbocycles. The minimum absolute atomic E-state index is 0.0243. The average molecular weight is 481 g/mol. The Kier molecular flexibility index (Phi) is 7.32. The normalized spacial score (nSPS) is 15.4. The first-order valence-electron chi connectivity index (χ1n) is 11.1. The van der Waals surface area contributed by atoms with Gasteiger partial charge in [0.15, 0.2) is 5.13 Å². The highest BCUT2D eigenvalue weighted by atomic mass is 32.1. The Bertz CT molecular complexity index is 1190. The third kappa shape index (κ3) is 5.66. The molecular weight excluding hydrogens is 455 g/mol. The molecule has 0 bridgehead atoms. The number of benzene rings is 2. The van der Waals surface area contributed by atoms with Gasteiger partial charge in [-0.25, -0.2) is 9.37 Å². The van der Waals surface area contributed by atoms with Crippen LogP contribution in [0.25, 0.3) is 11.3 Å². The zero-order valence-electron chi connectivity index (χ0n) is 18.7. The number of carbonyl (C=O) groups is 3. The van der Waals surface area contributed by atoms with Gasteiger partial charge in [-0.3, -0.25) is 14.4 Å². The molecule has 1 saturated heterocycles. The van der Waals surface area contributed by atoms with E-state index in [-0.39, 0.29) is 36.4 Å². The zero-order chi connectivity index (χ0) is 24.1. The third-order valence-corrected chi connectivity index (χ3v) is 6.40. The second kappa shape index (κ2) is 10.6. The van der Waals surface area contributed by atoms with Crippen LogP contribution in [0.4, 0.5) is 15.2 Å². The summed E-state index contributed by atoms with van der Waals surface area (Å²) in [6.45, 7) is 2.29. The lowest BCUT2D eigenvalue weighted by atomic mass is 10.1. The van der Waals surface area contributed by atoms with E-state index in [2.05, 4.69) is 15.6 Å². The van der Waals surface area contributed by atoms with Crippen LogP contribution in [0.3, 0.4) is 0 Å². The van der Waals surface area contributed by atoms with E-state index in [1.807, 2.05) is 29.6 Å². The molecular formula is C25H25FN4O3S. The molecule has 1 aromatic heterocycles. The van der Waals surface area contributed by atoms with Crippen molar-refractivity contribution in [3.63, 3.8) is 0 Å². The lowest BCUT2D eigenvalue weighted by Gasteiger charge is -2.17. The molecule has 0 saturated carbocycles. The van der Waals surface area contributed by atoms with E-state index in [1.165, 1.54) is 40.9 Å². The van der Waals surface area contributed by atoms with Crippen molar-refractivity contribution in [2.24, 2.45) is 5.92 Å². The molecule has 3 aromatic rings. The van der Waals surface area contributed by atoms with Crippen molar-refractivity contribution in [3.05, 3.63) is 65.3 Å². The summed E-state index contributed by atoms with van der Waals surface area (Å²) < 4.78 is 14.1. The molecule has 7 nitrogen and oxygen atoms in total. The van der Waals surface area contributed by atoms with Gasteiger partial charge in [0, 0.05) is 37.4 Å². The molecule has 1 unspecified atom stereocenters. The maximum Gasteiger partial charge on any atom is 0.231 e. The van der Waals surface area contributed by atoms with Gasteiger partial charge in [0.25, 0.3) is 0 Å². The van der Waals surface area contributed by atoms with Crippen LogP contribution >= 0.6 is 11.3 Å². The van der Waals surface area contributed by atoms with E-state index >= 15 is 0 Å². The van der Waals surface area contributed by atoms with Gasteiger partial charge in [-0.1, -0.05) is 36.4 Å². The highest BCUT2D eigenvalue weighted by Crippen LogP contribution is 2.29. The number of amides is 3. The van der Waals surface area contributed by atoms with Crippen molar-refractivity contribution in [1.29, 1.82) is 0 Å². The quantitative estimate of drug-likeness (QED) is 0.477.